The zero-order valence-electron chi connectivity index (χ0n) is 15.9. The molecule has 2 aromatic heterocycles. The molecular formula is C22H20N4OS2. The minimum Gasteiger partial charge on any atom is -0.344 e. The Labute approximate surface area is 177 Å². The highest BCUT2D eigenvalue weighted by Crippen LogP contribution is 2.26. The summed E-state index contributed by atoms with van der Waals surface area (Å²) in [5.74, 6) is 0.218. The van der Waals surface area contributed by atoms with Crippen LogP contribution < -0.4 is 5.32 Å². The van der Waals surface area contributed by atoms with Gasteiger partial charge in [0.05, 0.1) is 11.8 Å². The number of carbonyl (C=O) groups excluding carboxylic acids is 1. The first-order valence-corrected chi connectivity index (χ1v) is 11.0. The summed E-state index contributed by atoms with van der Waals surface area (Å²) in [5.41, 5.74) is 3.23. The highest BCUT2D eigenvalue weighted by atomic mass is 32.2. The van der Waals surface area contributed by atoms with Crippen molar-refractivity contribution >= 4 is 29.0 Å². The second kappa shape index (κ2) is 9.07. The van der Waals surface area contributed by atoms with Gasteiger partial charge in [-0.05, 0) is 36.1 Å². The van der Waals surface area contributed by atoms with Gasteiger partial charge in [-0.25, -0.2) is 0 Å². The zero-order chi connectivity index (χ0) is 20.1. The molecule has 1 N–H and O–H groups in total. The summed E-state index contributed by atoms with van der Waals surface area (Å²) in [6.45, 7) is 2.05. The minimum atomic E-state index is -0.153. The number of amides is 1. The number of thiophene rings is 1. The number of aromatic nitrogens is 3. The van der Waals surface area contributed by atoms with Crippen molar-refractivity contribution in [2.24, 2.45) is 0 Å². The normalized spacial score (nSPS) is 11.9. The van der Waals surface area contributed by atoms with E-state index >= 15 is 0 Å². The summed E-state index contributed by atoms with van der Waals surface area (Å²) in [6, 6.07) is 22.0. The van der Waals surface area contributed by atoms with Crippen LogP contribution in [0.25, 0.3) is 5.69 Å². The summed E-state index contributed by atoms with van der Waals surface area (Å²) in [4.78, 5) is 13.8. The van der Waals surface area contributed by atoms with Crippen LogP contribution in [-0.2, 0) is 4.79 Å². The molecule has 0 aliphatic heterocycles. The van der Waals surface area contributed by atoms with Crippen molar-refractivity contribution in [2.75, 3.05) is 5.75 Å². The maximum atomic E-state index is 12.7. The highest BCUT2D eigenvalue weighted by Gasteiger charge is 2.18. The first-order valence-electron chi connectivity index (χ1n) is 9.18. The molecule has 4 aromatic rings. The van der Waals surface area contributed by atoms with E-state index in [1.54, 1.807) is 17.7 Å². The van der Waals surface area contributed by atoms with Crippen LogP contribution >= 0.6 is 23.1 Å². The van der Waals surface area contributed by atoms with Crippen molar-refractivity contribution in [3.8, 4) is 5.69 Å². The second-order valence-corrected chi connectivity index (χ2v) is 8.46. The van der Waals surface area contributed by atoms with E-state index < -0.39 is 0 Å². The molecule has 0 radical (unpaired) electrons. The summed E-state index contributed by atoms with van der Waals surface area (Å²) in [6.07, 6.45) is 1.67. The average Bonchev–Trinajstić information content (AvgIpc) is 3.44. The van der Waals surface area contributed by atoms with Crippen molar-refractivity contribution in [1.29, 1.82) is 0 Å². The fraction of sp³-hybridized carbons (Fsp3) is 0.136. The van der Waals surface area contributed by atoms with Crippen LogP contribution in [0.15, 0.2) is 83.6 Å². The Morgan fingerprint density at radius 3 is 2.62 bits per heavy atom. The Morgan fingerprint density at radius 1 is 1.10 bits per heavy atom. The van der Waals surface area contributed by atoms with Crippen molar-refractivity contribution in [1.82, 2.24) is 20.1 Å². The molecule has 0 aliphatic carbocycles. The number of benzene rings is 2. The summed E-state index contributed by atoms with van der Waals surface area (Å²) in [7, 11) is 0. The molecule has 29 heavy (non-hydrogen) atoms. The second-order valence-electron chi connectivity index (χ2n) is 6.53. The van der Waals surface area contributed by atoms with E-state index in [1.165, 1.54) is 17.3 Å². The van der Waals surface area contributed by atoms with Crippen LogP contribution in [-0.4, -0.2) is 26.4 Å². The Hall–Kier alpha value is -2.90. The SMILES string of the molecule is Cc1ccc(-n2cnnc2SCC(=O)NC(c2ccccc2)c2cccs2)cc1. The number of hydrogen-bond donors (Lipinski definition) is 1. The lowest BCUT2D eigenvalue weighted by Gasteiger charge is -2.18. The van der Waals surface area contributed by atoms with Gasteiger partial charge in [0, 0.05) is 10.6 Å². The fourth-order valence-corrected chi connectivity index (χ4v) is 4.50. The van der Waals surface area contributed by atoms with Crippen LogP contribution in [0.1, 0.15) is 22.0 Å². The van der Waals surface area contributed by atoms with Gasteiger partial charge in [0.25, 0.3) is 0 Å². The van der Waals surface area contributed by atoms with Gasteiger partial charge in [-0.3, -0.25) is 9.36 Å². The lowest BCUT2D eigenvalue weighted by Crippen LogP contribution is -2.30. The van der Waals surface area contributed by atoms with E-state index in [0.717, 1.165) is 16.1 Å². The van der Waals surface area contributed by atoms with Crippen molar-refractivity contribution < 1.29 is 4.79 Å². The summed E-state index contributed by atoms with van der Waals surface area (Å²) in [5, 5.41) is 14.1. The summed E-state index contributed by atoms with van der Waals surface area (Å²) >= 11 is 3.01. The fourth-order valence-electron chi connectivity index (χ4n) is 2.96. The molecule has 0 spiro atoms. The number of nitrogens with zero attached hydrogens (tertiary/aromatic N) is 3. The molecular weight excluding hydrogens is 400 g/mol. The quantitative estimate of drug-likeness (QED) is 0.443. The third-order valence-electron chi connectivity index (χ3n) is 4.43. The summed E-state index contributed by atoms with van der Waals surface area (Å²) < 4.78 is 1.89. The highest BCUT2D eigenvalue weighted by molar-refractivity contribution is 7.99. The number of carbonyl (C=O) groups is 1. The van der Waals surface area contributed by atoms with Crippen molar-refractivity contribution in [2.45, 2.75) is 18.1 Å². The maximum absolute atomic E-state index is 12.7. The monoisotopic (exact) mass is 420 g/mol. The van der Waals surface area contributed by atoms with Gasteiger partial charge in [0.2, 0.25) is 5.91 Å². The number of rotatable bonds is 7. The average molecular weight is 421 g/mol. The molecule has 1 unspecified atom stereocenters. The largest absolute Gasteiger partial charge is 0.344 e. The maximum Gasteiger partial charge on any atom is 0.231 e. The molecule has 0 bridgehead atoms. The number of aryl methyl sites for hydroxylation is 1. The molecule has 2 aromatic carbocycles. The van der Waals surface area contributed by atoms with E-state index in [0.29, 0.717) is 5.16 Å². The van der Waals surface area contributed by atoms with Crippen LogP contribution in [0.4, 0.5) is 0 Å². The molecule has 4 rings (SSSR count). The van der Waals surface area contributed by atoms with Gasteiger partial charge < -0.3 is 5.32 Å². The smallest absolute Gasteiger partial charge is 0.231 e. The third-order valence-corrected chi connectivity index (χ3v) is 6.31. The Balaban J connectivity index is 1.45. The molecule has 5 nitrogen and oxygen atoms in total. The molecule has 146 valence electrons. The number of hydrogen-bond acceptors (Lipinski definition) is 5. The number of thioether (sulfide) groups is 1. The third kappa shape index (κ3) is 4.75. The Bertz CT molecular complexity index is 1060. The van der Waals surface area contributed by atoms with Crippen LogP contribution in [0.3, 0.4) is 0 Å². The molecule has 0 saturated carbocycles. The van der Waals surface area contributed by atoms with E-state index in [-0.39, 0.29) is 17.7 Å². The lowest BCUT2D eigenvalue weighted by atomic mass is 10.1. The topological polar surface area (TPSA) is 59.8 Å². The van der Waals surface area contributed by atoms with E-state index in [9.17, 15) is 4.79 Å². The van der Waals surface area contributed by atoms with Gasteiger partial charge in [-0.15, -0.1) is 21.5 Å². The van der Waals surface area contributed by atoms with Gasteiger partial charge in [0.15, 0.2) is 5.16 Å². The van der Waals surface area contributed by atoms with Crippen molar-refractivity contribution in [3.63, 3.8) is 0 Å². The predicted molar refractivity (Wildman–Crippen MR) is 118 cm³/mol. The van der Waals surface area contributed by atoms with Gasteiger partial charge in [0.1, 0.15) is 6.33 Å². The molecule has 2 heterocycles. The molecule has 7 heteroatoms. The zero-order valence-corrected chi connectivity index (χ0v) is 17.5. The Morgan fingerprint density at radius 2 is 1.90 bits per heavy atom. The minimum absolute atomic E-state index is 0.0456. The molecule has 0 fully saturated rings. The Kier molecular flexibility index (Phi) is 6.07. The van der Waals surface area contributed by atoms with Gasteiger partial charge in [-0.1, -0.05) is 65.9 Å². The molecule has 1 atom stereocenters. The molecule has 0 saturated heterocycles. The predicted octanol–water partition coefficient (Wildman–Crippen LogP) is 4.64. The standard InChI is InChI=1S/C22H20N4OS2/c1-16-9-11-18(12-10-16)26-15-23-25-22(26)29-14-20(27)24-21(19-8-5-13-28-19)17-6-3-2-4-7-17/h2-13,15,21H,14H2,1H3,(H,24,27). The lowest BCUT2D eigenvalue weighted by molar-refractivity contribution is -0.119. The van der Waals surface area contributed by atoms with E-state index in [4.69, 9.17) is 0 Å². The van der Waals surface area contributed by atoms with Crippen molar-refractivity contribution in [3.05, 3.63) is 94.4 Å². The molecule has 0 aliphatic rings. The van der Waals surface area contributed by atoms with Crippen LogP contribution in [0.2, 0.25) is 0 Å². The first kappa shape index (κ1) is 19.4. The first-order chi connectivity index (χ1) is 14.2. The van der Waals surface area contributed by atoms with Gasteiger partial charge in [-0.2, -0.15) is 0 Å². The number of nitrogens with one attached hydrogen (secondary N) is 1. The van der Waals surface area contributed by atoms with Gasteiger partial charge >= 0.3 is 0 Å². The molecule has 1 amide bonds. The van der Waals surface area contributed by atoms with Crippen LogP contribution in [0.5, 0.6) is 0 Å². The van der Waals surface area contributed by atoms with E-state index in [2.05, 4.69) is 15.5 Å². The van der Waals surface area contributed by atoms with Crippen LogP contribution in [0, 0.1) is 6.92 Å². The van der Waals surface area contributed by atoms with E-state index in [1.807, 2.05) is 83.6 Å².